The van der Waals surface area contributed by atoms with Crippen molar-refractivity contribution in [3.63, 3.8) is 0 Å². The summed E-state index contributed by atoms with van der Waals surface area (Å²) in [5.41, 5.74) is 4.25. The van der Waals surface area contributed by atoms with Crippen molar-refractivity contribution in [2.24, 2.45) is 0 Å². The number of nitrogens with zero attached hydrogens (tertiary/aromatic N) is 2. The molecule has 3 aromatic carbocycles. The molecule has 34 heavy (non-hydrogen) atoms. The minimum atomic E-state index is -0.374. The second-order valence-corrected chi connectivity index (χ2v) is 7.59. The molecule has 4 rings (SSSR count). The molecule has 1 aromatic heterocycles. The summed E-state index contributed by atoms with van der Waals surface area (Å²) in [5.74, 6) is 0.149. The molecule has 0 aliphatic heterocycles. The lowest BCUT2D eigenvalue weighted by Crippen LogP contribution is -2.25. The molecule has 0 fully saturated rings. The Morgan fingerprint density at radius 1 is 0.912 bits per heavy atom. The van der Waals surface area contributed by atoms with Crippen LogP contribution >= 0.6 is 0 Å². The van der Waals surface area contributed by atoms with Gasteiger partial charge in [0.25, 0.3) is 5.91 Å². The van der Waals surface area contributed by atoms with Crippen LogP contribution in [-0.2, 0) is 11.2 Å². The van der Waals surface area contributed by atoms with E-state index in [9.17, 15) is 9.59 Å². The van der Waals surface area contributed by atoms with Crippen LogP contribution in [0, 0.1) is 0 Å². The molecular weight excluding hydrogens is 430 g/mol. The number of carbonyl (C=O) groups is 2. The van der Waals surface area contributed by atoms with Crippen molar-refractivity contribution in [1.29, 1.82) is 0 Å². The lowest BCUT2D eigenvalue weighted by atomic mass is 10.1. The highest BCUT2D eigenvalue weighted by Crippen LogP contribution is 2.26. The van der Waals surface area contributed by atoms with Crippen molar-refractivity contribution in [3.8, 4) is 22.7 Å². The molecule has 0 saturated carbocycles. The zero-order chi connectivity index (χ0) is 23.9. The Morgan fingerprint density at radius 3 is 2.26 bits per heavy atom. The lowest BCUT2D eigenvalue weighted by molar-refractivity contribution is 0.0600. The summed E-state index contributed by atoms with van der Waals surface area (Å²) < 4.78 is 11.7. The van der Waals surface area contributed by atoms with Gasteiger partial charge in [-0.15, -0.1) is 0 Å². The number of para-hydroxylation sites is 1. The highest BCUT2D eigenvalue weighted by molar-refractivity contribution is 6.00. The zero-order valence-corrected chi connectivity index (χ0v) is 19.0. The number of nitrogens with one attached hydrogen (secondary N) is 1. The Balaban J connectivity index is 1.52. The molecule has 7 nitrogen and oxygen atoms in total. The number of esters is 1. The number of methoxy groups -OCH3 is 2. The number of hydrogen-bond acceptors (Lipinski definition) is 5. The quantitative estimate of drug-likeness (QED) is 0.401. The summed E-state index contributed by atoms with van der Waals surface area (Å²) in [6.07, 6.45) is 2.37. The van der Waals surface area contributed by atoms with Gasteiger partial charge in [-0.05, 0) is 60.5 Å². The van der Waals surface area contributed by atoms with Crippen LogP contribution in [0.3, 0.4) is 0 Å². The van der Waals surface area contributed by atoms with Crippen LogP contribution in [0.4, 0.5) is 0 Å². The molecule has 0 aliphatic rings. The number of ether oxygens (including phenoxy) is 2. The largest absolute Gasteiger partial charge is 0.497 e. The number of carbonyl (C=O) groups excluding carboxylic acids is 2. The maximum Gasteiger partial charge on any atom is 0.337 e. The average Bonchev–Trinajstić information content (AvgIpc) is 3.35. The van der Waals surface area contributed by atoms with E-state index in [-0.39, 0.29) is 11.9 Å². The first-order chi connectivity index (χ1) is 16.6. The molecule has 1 heterocycles. The predicted molar refractivity (Wildman–Crippen MR) is 129 cm³/mol. The molecule has 7 heteroatoms. The van der Waals surface area contributed by atoms with E-state index >= 15 is 0 Å². The SMILES string of the molecule is COC(=O)c1ccc(CCNC(=O)c2cn(-c3ccccc3)nc2-c2ccc(OC)cc2)cc1. The first-order valence-corrected chi connectivity index (χ1v) is 10.8. The average molecular weight is 456 g/mol. The summed E-state index contributed by atoms with van der Waals surface area (Å²) in [5, 5.41) is 7.68. The van der Waals surface area contributed by atoms with Crippen LogP contribution < -0.4 is 10.1 Å². The molecule has 0 aliphatic carbocycles. The van der Waals surface area contributed by atoms with Gasteiger partial charge >= 0.3 is 5.97 Å². The molecular formula is C27H25N3O4. The van der Waals surface area contributed by atoms with Crippen molar-refractivity contribution < 1.29 is 19.1 Å². The number of hydrogen-bond donors (Lipinski definition) is 1. The normalized spacial score (nSPS) is 10.5. The molecule has 0 atom stereocenters. The first-order valence-electron chi connectivity index (χ1n) is 10.8. The van der Waals surface area contributed by atoms with Gasteiger partial charge in [-0.3, -0.25) is 4.79 Å². The number of rotatable bonds is 8. The topological polar surface area (TPSA) is 82.5 Å². The Bertz CT molecular complexity index is 1260. The standard InChI is InChI=1S/C27H25N3O4/c1-33-23-14-12-20(13-15-23)25-24(18-30(29-25)22-6-4-3-5-7-22)26(31)28-17-16-19-8-10-21(11-9-19)27(32)34-2/h3-15,18H,16-17H2,1-2H3,(H,28,31). The molecule has 1 amide bonds. The van der Waals surface area contributed by atoms with Crippen molar-refractivity contribution in [3.05, 3.63) is 102 Å². The van der Waals surface area contributed by atoms with E-state index in [2.05, 4.69) is 5.32 Å². The Kier molecular flexibility index (Phi) is 7.03. The van der Waals surface area contributed by atoms with E-state index in [1.54, 1.807) is 30.1 Å². The molecule has 0 spiro atoms. The molecule has 4 aromatic rings. The maximum absolute atomic E-state index is 13.1. The monoisotopic (exact) mass is 455 g/mol. The molecule has 0 radical (unpaired) electrons. The van der Waals surface area contributed by atoms with Crippen LogP contribution in [0.5, 0.6) is 5.75 Å². The van der Waals surface area contributed by atoms with E-state index in [4.69, 9.17) is 14.6 Å². The second-order valence-electron chi connectivity index (χ2n) is 7.59. The third kappa shape index (κ3) is 5.15. The molecule has 1 N–H and O–H groups in total. The molecule has 0 unspecified atom stereocenters. The van der Waals surface area contributed by atoms with Crippen LogP contribution in [0.15, 0.2) is 85.1 Å². The summed E-state index contributed by atoms with van der Waals surface area (Å²) in [6.45, 7) is 0.439. The van der Waals surface area contributed by atoms with Gasteiger partial charge in [0.15, 0.2) is 0 Å². The smallest absolute Gasteiger partial charge is 0.337 e. The Hall–Kier alpha value is -4.39. The number of benzene rings is 3. The fourth-order valence-electron chi connectivity index (χ4n) is 3.56. The van der Waals surface area contributed by atoms with Crippen LogP contribution in [-0.4, -0.2) is 42.4 Å². The van der Waals surface area contributed by atoms with Crippen LogP contribution in [0.2, 0.25) is 0 Å². The van der Waals surface area contributed by atoms with Gasteiger partial charge in [-0.2, -0.15) is 5.10 Å². The lowest BCUT2D eigenvalue weighted by Gasteiger charge is -2.07. The fourth-order valence-corrected chi connectivity index (χ4v) is 3.56. The van der Waals surface area contributed by atoms with Gasteiger partial charge in [0, 0.05) is 18.3 Å². The van der Waals surface area contributed by atoms with Gasteiger partial charge in [-0.25, -0.2) is 9.48 Å². The van der Waals surface area contributed by atoms with Crippen molar-refractivity contribution in [2.45, 2.75) is 6.42 Å². The second kappa shape index (κ2) is 10.5. The van der Waals surface area contributed by atoms with Gasteiger partial charge in [0.1, 0.15) is 11.4 Å². The van der Waals surface area contributed by atoms with E-state index < -0.39 is 0 Å². The van der Waals surface area contributed by atoms with Gasteiger partial charge in [0.05, 0.1) is 31.0 Å². The third-order valence-electron chi connectivity index (χ3n) is 5.42. The van der Waals surface area contributed by atoms with Gasteiger partial charge in [-0.1, -0.05) is 30.3 Å². The van der Waals surface area contributed by atoms with E-state index in [0.29, 0.717) is 29.8 Å². The van der Waals surface area contributed by atoms with Crippen molar-refractivity contribution >= 4 is 11.9 Å². The van der Waals surface area contributed by atoms with E-state index in [1.165, 1.54) is 7.11 Å². The Morgan fingerprint density at radius 2 is 1.62 bits per heavy atom. The van der Waals surface area contributed by atoms with E-state index in [0.717, 1.165) is 22.6 Å². The van der Waals surface area contributed by atoms with Gasteiger partial charge < -0.3 is 14.8 Å². The first kappa shape index (κ1) is 22.8. The van der Waals surface area contributed by atoms with E-state index in [1.807, 2.05) is 66.7 Å². The van der Waals surface area contributed by atoms with Crippen LogP contribution in [0.1, 0.15) is 26.3 Å². The molecule has 172 valence electrons. The van der Waals surface area contributed by atoms with Crippen LogP contribution in [0.25, 0.3) is 16.9 Å². The van der Waals surface area contributed by atoms with Gasteiger partial charge in [0.2, 0.25) is 0 Å². The number of aromatic nitrogens is 2. The fraction of sp³-hybridized carbons (Fsp3) is 0.148. The van der Waals surface area contributed by atoms with Crippen molar-refractivity contribution in [1.82, 2.24) is 15.1 Å². The zero-order valence-electron chi connectivity index (χ0n) is 19.0. The molecule has 0 saturated heterocycles. The minimum Gasteiger partial charge on any atom is -0.497 e. The minimum absolute atomic E-state index is 0.209. The summed E-state index contributed by atoms with van der Waals surface area (Å²) in [7, 11) is 2.97. The van der Waals surface area contributed by atoms with Crippen molar-refractivity contribution in [2.75, 3.05) is 20.8 Å². The molecule has 0 bridgehead atoms. The highest BCUT2D eigenvalue weighted by atomic mass is 16.5. The highest BCUT2D eigenvalue weighted by Gasteiger charge is 2.18. The maximum atomic E-state index is 13.1. The third-order valence-corrected chi connectivity index (χ3v) is 5.42. The summed E-state index contributed by atoms with van der Waals surface area (Å²) in [6, 6.07) is 24.3. The summed E-state index contributed by atoms with van der Waals surface area (Å²) >= 11 is 0. The number of amides is 1. The predicted octanol–water partition coefficient (Wildman–Crippen LogP) is 4.31. The Labute approximate surface area is 197 Å². The summed E-state index contributed by atoms with van der Waals surface area (Å²) in [4.78, 5) is 24.7.